The monoisotopic (exact) mass is 444 g/mol. The first-order valence-electron chi connectivity index (χ1n) is 11.0. The number of aliphatic hydroxyl groups excluding tert-OH is 1. The van der Waals surface area contributed by atoms with Gasteiger partial charge in [-0.05, 0) is 15.4 Å². The highest BCUT2D eigenvalue weighted by molar-refractivity contribution is 6.99. The molecule has 2 aromatic carbocycles. The molecule has 0 radical (unpaired) electrons. The maximum Gasteiger partial charge on any atom is 0.261 e. The Labute approximate surface area is 187 Å². The molecule has 0 aromatic heterocycles. The third-order valence-electron chi connectivity index (χ3n) is 6.21. The molecule has 0 bridgehead atoms. The van der Waals surface area contributed by atoms with E-state index in [0.717, 1.165) is 0 Å². The van der Waals surface area contributed by atoms with Crippen LogP contribution in [0.15, 0.2) is 60.7 Å². The highest BCUT2D eigenvalue weighted by atomic mass is 28.4. The van der Waals surface area contributed by atoms with Gasteiger partial charge in [0.2, 0.25) is 0 Å². The summed E-state index contributed by atoms with van der Waals surface area (Å²) in [4.78, 5) is 0. The molecule has 0 unspecified atom stereocenters. The predicted molar refractivity (Wildman–Crippen MR) is 125 cm³/mol. The van der Waals surface area contributed by atoms with E-state index in [1.54, 1.807) is 14.2 Å². The van der Waals surface area contributed by atoms with Gasteiger partial charge < -0.3 is 23.7 Å². The van der Waals surface area contributed by atoms with E-state index in [0.29, 0.717) is 12.8 Å². The zero-order valence-electron chi connectivity index (χ0n) is 19.3. The number of methoxy groups -OCH3 is 2. The Hall–Kier alpha value is -1.54. The van der Waals surface area contributed by atoms with Gasteiger partial charge in [-0.1, -0.05) is 81.4 Å². The molecule has 5 nitrogen and oxygen atoms in total. The van der Waals surface area contributed by atoms with Crippen molar-refractivity contribution in [1.82, 2.24) is 0 Å². The van der Waals surface area contributed by atoms with E-state index in [-0.39, 0.29) is 30.1 Å². The van der Waals surface area contributed by atoms with Gasteiger partial charge in [0.15, 0.2) is 6.29 Å². The second kappa shape index (κ2) is 10.4. The largest absolute Gasteiger partial charge is 0.399 e. The molecule has 1 heterocycles. The van der Waals surface area contributed by atoms with Crippen molar-refractivity contribution in [2.75, 3.05) is 20.8 Å². The zero-order chi connectivity index (χ0) is 22.5. The molecule has 1 aliphatic rings. The van der Waals surface area contributed by atoms with Gasteiger partial charge in [-0.15, -0.1) is 0 Å². The highest BCUT2D eigenvalue weighted by Crippen LogP contribution is 2.39. The van der Waals surface area contributed by atoms with Crippen molar-refractivity contribution in [3.8, 4) is 0 Å². The van der Waals surface area contributed by atoms with E-state index in [4.69, 9.17) is 18.6 Å². The number of benzene rings is 2. The van der Waals surface area contributed by atoms with Crippen LogP contribution in [0.1, 0.15) is 33.6 Å². The smallest absolute Gasteiger partial charge is 0.261 e. The van der Waals surface area contributed by atoms with Crippen LogP contribution < -0.4 is 10.4 Å². The number of aliphatic hydroxyl groups is 1. The van der Waals surface area contributed by atoms with Crippen molar-refractivity contribution in [2.24, 2.45) is 0 Å². The lowest BCUT2D eigenvalue weighted by atomic mass is 10.0. The molecule has 2 aromatic rings. The van der Waals surface area contributed by atoms with E-state index in [9.17, 15) is 5.11 Å². The van der Waals surface area contributed by atoms with E-state index in [2.05, 4.69) is 69.3 Å². The second-order valence-corrected chi connectivity index (χ2v) is 13.4. The summed E-state index contributed by atoms with van der Waals surface area (Å²) < 4.78 is 24.4. The van der Waals surface area contributed by atoms with E-state index in [1.807, 2.05) is 12.1 Å². The minimum atomic E-state index is -2.80. The maximum absolute atomic E-state index is 10.5. The summed E-state index contributed by atoms with van der Waals surface area (Å²) in [7, 11) is 0.537. The van der Waals surface area contributed by atoms with Crippen LogP contribution in [0.4, 0.5) is 0 Å². The minimum absolute atomic E-state index is 0.000467. The van der Waals surface area contributed by atoms with E-state index >= 15 is 0 Å². The number of hydrogen-bond donors (Lipinski definition) is 1. The van der Waals surface area contributed by atoms with Gasteiger partial charge in [0.1, 0.15) is 0 Å². The van der Waals surface area contributed by atoms with Gasteiger partial charge in [-0.2, -0.15) is 0 Å². The van der Waals surface area contributed by atoms with Crippen molar-refractivity contribution in [1.29, 1.82) is 0 Å². The zero-order valence-corrected chi connectivity index (χ0v) is 20.3. The summed E-state index contributed by atoms with van der Waals surface area (Å²) >= 11 is 0. The Kier molecular flexibility index (Phi) is 8.07. The molecule has 0 amide bonds. The van der Waals surface area contributed by atoms with Gasteiger partial charge in [0.05, 0.1) is 24.9 Å². The molecule has 4 atom stereocenters. The summed E-state index contributed by atoms with van der Waals surface area (Å²) in [5.74, 6) is 0. The fourth-order valence-corrected chi connectivity index (χ4v) is 9.30. The topological polar surface area (TPSA) is 57.2 Å². The van der Waals surface area contributed by atoms with Crippen LogP contribution in [0.2, 0.25) is 5.04 Å². The fraction of sp³-hybridized carbons (Fsp3) is 0.520. The maximum atomic E-state index is 10.5. The molecule has 6 heteroatoms. The summed E-state index contributed by atoms with van der Waals surface area (Å²) in [6, 6.07) is 20.9. The van der Waals surface area contributed by atoms with Crippen molar-refractivity contribution in [3.05, 3.63) is 60.7 Å². The molecule has 0 aliphatic carbocycles. The van der Waals surface area contributed by atoms with E-state index < -0.39 is 14.4 Å². The highest BCUT2D eigenvalue weighted by Gasteiger charge is 2.52. The first-order valence-corrected chi connectivity index (χ1v) is 12.9. The lowest BCUT2D eigenvalue weighted by molar-refractivity contribution is -0.228. The van der Waals surface area contributed by atoms with Gasteiger partial charge in [0.25, 0.3) is 8.32 Å². The third-order valence-corrected chi connectivity index (χ3v) is 11.3. The van der Waals surface area contributed by atoms with Gasteiger partial charge in [-0.3, -0.25) is 0 Å². The predicted octanol–water partition coefficient (Wildman–Crippen LogP) is 3.09. The van der Waals surface area contributed by atoms with Crippen molar-refractivity contribution in [3.63, 3.8) is 0 Å². The summed E-state index contributed by atoms with van der Waals surface area (Å²) in [6.07, 6.45) is 0.124. The third kappa shape index (κ3) is 5.11. The molecule has 0 spiro atoms. The normalized spacial score (nSPS) is 23.5. The van der Waals surface area contributed by atoms with E-state index in [1.165, 1.54) is 10.4 Å². The minimum Gasteiger partial charge on any atom is -0.399 e. The molecule has 3 rings (SSSR count). The quantitative estimate of drug-likeness (QED) is 0.634. The van der Waals surface area contributed by atoms with Gasteiger partial charge in [-0.25, -0.2) is 0 Å². The SMILES string of the molecule is CO[C@H]1C[C@H](OC)O[C@@H]([C@@H](CO)O[Si](c2ccccc2)(c2ccccc2)C(C)(C)C)C1. The molecule has 1 fully saturated rings. The average molecular weight is 445 g/mol. The standard InChI is InChI=1S/C25H36O5Si/c1-25(2,3)31(20-12-8-6-9-13-20,21-14-10-7-11-15-21)30-23(18-26)22-16-19(27-4)17-24(28-5)29-22/h6-15,19,22-24,26H,16-18H2,1-5H3/t19-,22-,23-,24-/m1/s1. The first kappa shape index (κ1) is 24.1. The lowest BCUT2D eigenvalue weighted by Gasteiger charge is -2.47. The Morgan fingerprint density at radius 2 is 1.48 bits per heavy atom. The van der Waals surface area contributed by atoms with Crippen LogP contribution in [-0.4, -0.2) is 58.9 Å². The van der Waals surface area contributed by atoms with Crippen LogP contribution >= 0.6 is 0 Å². The number of rotatable bonds is 8. The average Bonchev–Trinajstić information content (AvgIpc) is 2.80. The van der Waals surface area contributed by atoms with Crippen molar-refractivity contribution in [2.45, 2.75) is 63.3 Å². The lowest BCUT2D eigenvalue weighted by Crippen LogP contribution is -2.69. The molecule has 170 valence electrons. The Bertz CT molecular complexity index is 741. The summed E-state index contributed by atoms with van der Waals surface area (Å²) in [5.41, 5.74) is 0. The van der Waals surface area contributed by atoms with Crippen molar-refractivity contribution >= 4 is 18.7 Å². The van der Waals surface area contributed by atoms with Crippen LogP contribution in [0, 0.1) is 0 Å². The van der Waals surface area contributed by atoms with Crippen LogP contribution in [0.5, 0.6) is 0 Å². The molecule has 31 heavy (non-hydrogen) atoms. The molecular weight excluding hydrogens is 408 g/mol. The summed E-state index contributed by atoms with van der Waals surface area (Å²) in [6.45, 7) is 6.55. The fourth-order valence-electron chi connectivity index (χ4n) is 4.61. The van der Waals surface area contributed by atoms with Crippen molar-refractivity contribution < 1.29 is 23.7 Å². The van der Waals surface area contributed by atoms with Crippen LogP contribution in [-0.2, 0) is 18.6 Å². The Balaban J connectivity index is 2.07. The molecule has 1 saturated heterocycles. The van der Waals surface area contributed by atoms with Crippen LogP contribution in [0.3, 0.4) is 0 Å². The Morgan fingerprint density at radius 1 is 0.935 bits per heavy atom. The molecular formula is C25H36O5Si. The molecule has 1 N–H and O–H groups in total. The first-order chi connectivity index (χ1) is 14.9. The molecule has 1 aliphatic heterocycles. The van der Waals surface area contributed by atoms with Gasteiger partial charge in [0, 0.05) is 27.1 Å². The molecule has 0 saturated carbocycles. The number of ether oxygens (including phenoxy) is 3. The van der Waals surface area contributed by atoms with Crippen LogP contribution in [0.25, 0.3) is 0 Å². The van der Waals surface area contributed by atoms with Gasteiger partial charge >= 0.3 is 0 Å². The Morgan fingerprint density at radius 3 is 1.90 bits per heavy atom. The summed E-state index contributed by atoms with van der Waals surface area (Å²) in [5, 5.41) is 12.6. The second-order valence-electron chi connectivity index (χ2n) is 9.17. The number of hydrogen-bond acceptors (Lipinski definition) is 5.